The molecule has 0 atom stereocenters. The third-order valence-corrected chi connectivity index (χ3v) is 6.24. The number of rotatable bonds is 3. The summed E-state index contributed by atoms with van der Waals surface area (Å²) in [5.41, 5.74) is 2.33. The minimum atomic E-state index is 0. The SMILES string of the molecule is Cl.Cl.O=C(Cc1csc(-c2cccnc2)n1)N1CCC2(CCNC2)CC1. The van der Waals surface area contributed by atoms with Crippen LogP contribution in [0.2, 0.25) is 0 Å². The molecule has 4 rings (SSSR count). The summed E-state index contributed by atoms with van der Waals surface area (Å²) in [5.74, 6) is 0.207. The fraction of sp³-hybridized carbons (Fsp3) is 0.500. The standard InChI is InChI=1S/C18H22N4OS.2ClH/c23-16(22-8-4-18(5-9-22)3-7-20-13-18)10-15-12-24-17(21-15)14-2-1-6-19-11-14;;/h1-2,6,11-12,20H,3-5,7-10,13H2;2*1H. The summed E-state index contributed by atoms with van der Waals surface area (Å²) in [4.78, 5) is 23.3. The van der Waals surface area contributed by atoms with Crippen LogP contribution in [0.1, 0.15) is 25.0 Å². The van der Waals surface area contributed by atoms with Gasteiger partial charge in [0.2, 0.25) is 5.91 Å². The molecule has 1 N–H and O–H groups in total. The Kier molecular flexibility index (Phi) is 7.41. The second-order valence-electron chi connectivity index (χ2n) is 6.87. The highest BCUT2D eigenvalue weighted by molar-refractivity contribution is 7.13. The van der Waals surface area contributed by atoms with Crippen molar-refractivity contribution in [1.29, 1.82) is 0 Å². The number of hydrogen-bond donors (Lipinski definition) is 1. The number of thiazole rings is 1. The number of hydrogen-bond acceptors (Lipinski definition) is 5. The Morgan fingerprint density at radius 3 is 2.73 bits per heavy atom. The summed E-state index contributed by atoms with van der Waals surface area (Å²) < 4.78 is 0. The zero-order chi connectivity index (χ0) is 16.4. The number of nitrogens with one attached hydrogen (secondary N) is 1. The van der Waals surface area contributed by atoms with Gasteiger partial charge in [-0.25, -0.2) is 4.98 Å². The molecule has 2 aromatic heterocycles. The summed E-state index contributed by atoms with van der Waals surface area (Å²) in [7, 11) is 0. The summed E-state index contributed by atoms with van der Waals surface area (Å²) in [6.45, 7) is 4.03. The average Bonchev–Trinajstić information content (AvgIpc) is 3.26. The molecule has 2 aromatic rings. The molecule has 142 valence electrons. The molecule has 0 radical (unpaired) electrons. The van der Waals surface area contributed by atoms with E-state index in [2.05, 4.69) is 15.3 Å². The van der Waals surface area contributed by atoms with Gasteiger partial charge in [-0.3, -0.25) is 9.78 Å². The first kappa shape index (κ1) is 21.1. The molecular weight excluding hydrogens is 391 g/mol. The maximum atomic E-state index is 12.6. The Labute approximate surface area is 170 Å². The van der Waals surface area contributed by atoms with Crippen LogP contribution in [0.15, 0.2) is 29.9 Å². The Bertz CT molecular complexity index is 709. The van der Waals surface area contributed by atoms with E-state index >= 15 is 0 Å². The van der Waals surface area contributed by atoms with Gasteiger partial charge in [0.15, 0.2) is 0 Å². The van der Waals surface area contributed by atoms with E-state index in [9.17, 15) is 4.79 Å². The molecule has 0 unspecified atom stereocenters. The third-order valence-electron chi connectivity index (χ3n) is 5.30. The minimum absolute atomic E-state index is 0. The second-order valence-corrected chi connectivity index (χ2v) is 7.73. The van der Waals surface area contributed by atoms with Gasteiger partial charge in [-0.1, -0.05) is 0 Å². The van der Waals surface area contributed by atoms with Crippen molar-refractivity contribution in [2.45, 2.75) is 25.7 Å². The van der Waals surface area contributed by atoms with Gasteiger partial charge in [0.05, 0.1) is 12.1 Å². The number of likely N-dealkylation sites (tertiary alicyclic amines) is 1. The maximum absolute atomic E-state index is 12.6. The molecule has 4 heterocycles. The van der Waals surface area contributed by atoms with Gasteiger partial charge in [0.1, 0.15) is 5.01 Å². The van der Waals surface area contributed by atoms with Gasteiger partial charge in [-0.05, 0) is 43.4 Å². The van der Waals surface area contributed by atoms with Crippen molar-refractivity contribution in [3.05, 3.63) is 35.6 Å². The van der Waals surface area contributed by atoms with Crippen LogP contribution in [-0.4, -0.2) is 47.0 Å². The highest BCUT2D eigenvalue weighted by Gasteiger charge is 2.37. The molecule has 2 saturated heterocycles. The summed E-state index contributed by atoms with van der Waals surface area (Å²) in [6.07, 6.45) is 7.49. The normalized spacial score (nSPS) is 18.2. The molecule has 0 saturated carbocycles. The molecule has 2 fully saturated rings. The van der Waals surface area contributed by atoms with Gasteiger partial charge in [0.25, 0.3) is 0 Å². The van der Waals surface area contributed by atoms with Crippen LogP contribution >= 0.6 is 36.2 Å². The van der Waals surface area contributed by atoms with Crippen molar-refractivity contribution < 1.29 is 4.79 Å². The topological polar surface area (TPSA) is 58.1 Å². The fourth-order valence-electron chi connectivity index (χ4n) is 3.73. The maximum Gasteiger partial charge on any atom is 0.228 e. The number of halogens is 2. The van der Waals surface area contributed by atoms with Crippen LogP contribution in [0, 0.1) is 5.41 Å². The van der Waals surface area contributed by atoms with Gasteiger partial charge < -0.3 is 10.2 Å². The Morgan fingerprint density at radius 1 is 1.27 bits per heavy atom. The highest BCUT2D eigenvalue weighted by Crippen LogP contribution is 2.37. The van der Waals surface area contributed by atoms with E-state index in [1.54, 1.807) is 17.5 Å². The number of pyridine rings is 1. The molecule has 1 amide bonds. The number of carbonyl (C=O) groups is 1. The van der Waals surface area contributed by atoms with Crippen molar-refractivity contribution in [1.82, 2.24) is 20.2 Å². The van der Waals surface area contributed by atoms with E-state index in [1.165, 1.54) is 6.42 Å². The third kappa shape index (κ3) is 4.55. The first-order chi connectivity index (χ1) is 11.7. The zero-order valence-corrected chi connectivity index (χ0v) is 17.0. The summed E-state index contributed by atoms with van der Waals surface area (Å²) >= 11 is 1.58. The van der Waals surface area contributed by atoms with Crippen molar-refractivity contribution >= 4 is 42.1 Å². The largest absolute Gasteiger partial charge is 0.342 e. The summed E-state index contributed by atoms with van der Waals surface area (Å²) in [6, 6.07) is 3.90. The van der Waals surface area contributed by atoms with E-state index < -0.39 is 0 Å². The van der Waals surface area contributed by atoms with Gasteiger partial charge in [-0.15, -0.1) is 36.2 Å². The molecule has 5 nitrogen and oxygen atoms in total. The Morgan fingerprint density at radius 2 is 2.08 bits per heavy atom. The van der Waals surface area contributed by atoms with Crippen molar-refractivity contribution in [3.8, 4) is 10.6 Å². The molecule has 1 spiro atoms. The van der Waals surface area contributed by atoms with Gasteiger partial charge >= 0.3 is 0 Å². The van der Waals surface area contributed by atoms with Crippen LogP contribution in [0.4, 0.5) is 0 Å². The van der Waals surface area contributed by atoms with Crippen molar-refractivity contribution in [2.75, 3.05) is 26.2 Å². The van der Waals surface area contributed by atoms with E-state index in [-0.39, 0.29) is 30.7 Å². The monoisotopic (exact) mass is 414 g/mol. The lowest BCUT2D eigenvalue weighted by Crippen LogP contribution is -2.44. The van der Waals surface area contributed by atoms with Crippen LogP contribution in [0.25, 0.3) is 10.6 Å². The lowest BCUT2D eigenvalue weighted by atomic mass is 9.78. The van der Waals surface area contributed by atoms with E-state index in [1.807, 2.05) is 28.6 Å². The molecule has 0 bridgehead atoms. The molecule has 2 aliphatic rings. The van der Waals surface area contributed by atoms with E-state index in [0.717, 1.165) is 55.3 Å². The van der Waals surface area contributed by atoms with Gasteiger partial charge in [0, 0.05) is 43.0 Å². The predicted molar refractivity (Wildman–Crippen MR) is 109 cm³/mol. The minimum Gasteiger partial charge on any atom is -0.342 e. The lowest BCUT2D eigenvalue weighted by Gasteiger charge is -2.38. The van der Waals surface area contributed by atoms with Crippen LogP contribution in [0.5, 0.6) is 0 Å². The van der Waals surface area contributed by atoms with Gasteiger partial charge in [-0.2, -0.15) is 0 Å². The molecular formula is C18H24Cl2N4OS. The van der Waals surface area contributed by atoms with E-state index in [4.69, 9.17) is 0 Å². The Balaban J connectivity index is 0.00000121. The lowest BCUT2D eigenvalue weighted by molar-refractivity contribution is -0.132. The highest BCUT2D eigenvalue weighted by atomic mass is 35.5. The van der Waals surface area contributed by atoms with Crippen LogP contribution in [-0.2, 0) is 11.2 Å². The smallest absolute Gasteiger partial charge is 0.228 e. The number of amides is 1. The zero-order valence-electron chi connectivity index (χ0n) is 14.5. The number of aromatic nitrogens is 2. The predicted octanol–water partition coefficient (Wildman–Crippen LogP) is 3.19. The summed E-state index contributed by atoms with van der Waals surface area (Å²) in [5, 5.41) is 6.39. The van der Waals surface area contributed by atoms with Crippen LogP contribution < -0.4 is 5.32 Å². The first-order valence-corrected chi connectivity index (χ1v) is 9.45. The number of piperidine rings is 1. The van der Waals surface area contributed by atoms with Crippen LogP contribution in [0.3, 0.4) is 0 Å². The number of carbonyl (C=O) groups excluding carboxylic acids is 1. The van der Waals surface area contributed by atoms with Crippen molar-refractivity contribution in [3.63, 3.8) is 0 Å². The molecule has 0 aliphatic carbocycles. The van der Waals surface area contributed by atoms with Crippen molar-refractivity contribution in [2.24, 2.45) is 5.41 Å². The molecule has 8 heteroatoms. The second kappa shape index (κ2) is 9.13. The average molecular weight is 415 g/mol. The quantitative estimate of drug-likeness (QED) is 0.837. The molecule has 2 aliphatic heterocycles. The number of nitrogens with zero attached hydrogens (tertiary/aromatic N) is 3. The molecule has 26 heavy (non-hydrogen) atoms. The first-order valence-electron chi connectivity index (χ1n) is 8.57. The van der Waals surface area contributed by atoms with E-state index in [0.29, 0.717) is 11.8 Å². The fourth-order valence-corrected chi connectivity index (χ4v) is 4.54. The Hall–Kier alpha value is -1.21. The molecule has 0 aromatic carbocycles.